The Hall–Kier alpha value is -1.86. The SMILES string of the molecule is C=CCN(CC(=O)NC(C)C1CC2CCC1C2)S(=O)(=O)c1ccc(OC)cc1. The zero-order valence-electron chi connectivity index (χ0n) is 16.6. The van der Waals surface area contributed by atoms with Crippen molar-refractivity contribution in [2.24, 2.45) is 17.8 Å². The van der Waals surface area contributed by atoms with E-state index in [0.29, 0.717) is 17.6 Å². The molecule has 3 rings (SSSR count). The van der Waals surface area contributed by atoms with Crippen molar-refractivity contribution in [3.63, 3.8) is 0 Å². The van der Waals surface area contributed by atoms with Gasteiger partial charge in [0, 0.05) is 12.6 Å². The lowest BCUT2D eigenvalue weighted by molar-refractivity contribution is -0.122. The summed E-state index contributed by atoms with van der Waals surface area (Å²) >= 11 is 0. The van der Waals surface area contributed by atoms with E-state index in [0.717, 1.165) is 10.2 Å². The first-order chi connectivity index (χ1) is 13.3. The van der Waals surface area contributed by atoms with E-state index < -0.39 is 10.0 Å². The molecule has 1 N–H and O–H groups in total. The quantitative estimate of drug-likeness (QED) is 0.640. The van der Waals surface area contributed by atoms with Crippen LogP contribution >= 0.6 is 0 Å². The summed E-state index contributed by atoms with van der Waals surface area (Å²) in [5.41, 5.74) is 0. The monoisotopic (exact) mass is 406 g/mol. The number of benzene rings is 1. The Bertz CT molecular complexity index is 806. The van der Waals surface area contributed by atoms with Gasteiger partial charge in [-0.25, -0.2) is 8.42 Å². The van der Waals surface area contributed by atoms with Crippen LogP contribution in [-0.2, 0) is 14.8 Å². The van der Waals surface area contributed by atoms with Gasteiger partial charge >= 0.3 is 0 Å². The van der Waals surface area contributed by atoms with E-state index in [-0.39, 0.29) is 29.9 Å². The number of ether oxygens (including phenoxy) is 1. The Labute approximate surface area is 168 Å². The normalized spacial score (nSPS) is 24.9. The van der Waals surface area contributed by atoms with Crippen molar-refractivity contribution in [3.8, 4) is 5.75 Å². The van der Waals surface area contributed by atoms with Crippen molar-refractivity contribution in [1.82, 2.24) is 9.62 Å². The maximum atomic E-state index is 13.0. The standard InChI is InChI=1S/C21H30N2O4S/c1-4-11-23(28(25,26)19-9-7-18(27-3)8-10-19)14-21(24)22-15(2)20-13-16-5-6-17(20)12-16/h4,7-10,15-17,20H,1,5-6,11-14H2,2-3H3,(H,22,24). The minimum absolute atomic E-state index is 0.0667. The molecule has 0 aromatic heterocycles. The van der Waals surface area contributed by atoms with Crippen LogP contribution in [0.5, 0.6) is 5.75 Å². The first-order valence-corrected chi connectivity index (χ1v) is 11.3. The molecule has 0 aliphatic heterocycles. The Morgan fingerprint density at radius 3 is 2.57 bits per heavy atom. The molecule has 28 heavy (non-hydrogen) atoms. The average Bonchev–Trinajstić information content (AvgIpc) is 3.31. The second kappa shape index (κ2) is 8.66. The number of nitrogens with one attached hydrogen (secondary N) is 1. The summed E-state index contributed by atoms with van der Waals surface area (Å²) < 4.78 is 32.2. The lowest BCUT2D eigenvalue weighted by Crippen LogP contribution is -2.46. The highest BCUT2D eigenvalue weighted by molar-refractivity contribution is 7.89. The highest BCUT2D eigenvalue weighted by Crippen LogP contribution is 2.49. The van der Waals surface area contributed by atoms with Crippen LogP contribution in [-0.4, -0.2) is 44.9 Å². The van der Waals surface area contributed by atoms with Crippen molar-refractivity contribution in [1.29, 1.82) is 0 Å². The topological polar surface area (TPSA) is 75.7 Å². The van der Waals surface area contributed by atoms with Crippen LogP contribution in [0.15, 0.2) is 41.8 Å². The van der Waals surface area contributed by atoms with Crippen LogP contribution in [0.2, 0.25) is 0 Å². The van der Waals surface area contributed by atoms with Gasteiger partial charge in [0.1, 0.15) is 5.75 Å². The molecule has 2 aliphatic rings. The summed E-state index contributed by atoms with van der Waals surface area (Å²) in [6.45, 7) is 5.53. The minimum atomic E-state index is -3.80. The molecule has 1 aromatic carbocycles. The van der Waals surface area contributed by atoms with Gasteiger partial charge in [-0.15, -0.1) is 6.58 Å². The van der Waals surface area contributed by atoms with Gasteiger partial charge in [-0.2, -0.15) is 4.31 Å². The fourth-order valence-electron chi connectivity index (χ4n) is 4.76. The molecule has 0 spiro atoms. The summed E-state index contributed by atoms with van der Waals surface area (Å²) in [4.78, 5) is 12.7. The summed E-state index contributed by atoms with van der Waals surface area (Å²) in [5.74, 6) is 2.32. The van der Waals surface area contributed by atoms with Gasteiger partial charge in [0.25, 0.3) is 0 Å². The van der Waals surface area contributed by atoms with E-state index in [4.69, 9.17) is 4.74 Å². The van der Waals surface area contributed by atoms with Gasteiger partial charge in [0.15, 0.2) is 0 Å². The summed E-state index contributed by atoms with van der Waals surface area (Å²) in [6.07, 6.45) is 6.51. The number of rotatable bonds is 9. The number of hydrogen-bond acceptors (Lipinski definition) is 4. The zero-order valence-corrected chi connectivity index (χ0v) is 17.5. The molecular weight excluding hydrogens is 376 g/mol. The molecule has 2 aliphatic carbocycles. The highest BCUT2D eigenvalue weighted by Gasteiger charge is 2.42. The predicted octanol–water partition coefficient (Wildman–Crippen LogP) is 2.81. The molecule has 2 fully saturated rings. The van der Waals surface area contributed by atoms with Crippen molar-refractivity contribution in [2.45, 2.75) is 43.5 Å². The van der Waals surface area contributed by atoms with E-state index in [1.54, 1.807) is 12.1 Å². The number of methoxy groups -OCH3 is 1. The van der Waals surface area contributed by atoms with Gasteiger partial charge < -0.3 is 10.1 Å². The second-order valence-electron chi connectivity index (χ2n) is 7.96. The van der Waals surface area contributed by atoms with Crippen LogP contribution < -0.4 is 10.1 Å². The third-order valence-electron chi connectivity index (χ3n) is 6.17. The van der Waals surface area contributed by atoms with Crippen LogP contribution in [0.1, 0.15) is 32.6 Å². The van der Waals surface area contributed by atoms with Crippen LogP contribution in [0.3, 0.4) is 0 Å². The van der Waals surface area contributed by atoms with Gasteiger partial charge in [0.05, 0.1) is 18.6 Å². The lowest BCUT2D eigenvalue weighted by atomic mass is 9.84. The van der Waals surface area contributed by atoms with Crippen molar-refractivity contribution < 1.29 is 17.9 Å². The molecule has 1 amide bonds. The number of sulfonamides is 1. The fourth-order valence-corrected chi connectivity index (χ4v) is 6.13. The molecule has 0 saturated heterocycles. The van der Waals surface area contributed by atoms with Gasteiger partial charge in [-0.1, -0.05) is 12.5 Å². The minimum Gasteiger partial charge on any atom is -0.497 e. The number of fused-ring (bicyclic) bond motifs is 2. The average molecular weight is 407 g/mol. The first kappa shape index (κ1) is 20.9. The molecule has 2 saturated carbocycles. The van der Waals surface area contributed by atoms with Gasteiger partial charge in [-0.05, 0) is 68.2 Å². The third kappa shape index (κ3) is 4.41. The number of amides is 1. The van der Waals surface area contributed by atoms with Crippen molar-refractivity contribution in [2.75, 3.05) is 20.2 Å². The fraction of sp³-hybridized carbons (Fsp3) is 0.571. The third-order valence-corrected chi connectivity index (χ3v) is 8.00. The van der Waals surface area contributed by atoms with Gasteiger partial charge in [-0.3, -0.25) is 4.79 Å². The van der Waals surface area contributed by atoms with E-state index in [1.807, 2.05) is 6.92 Å². The lowest BCUT2D eigenvalue weighted by Gasteiger charge is -2.29. The van der Waals surface area contributed by atoms with Crippen molar-refractivity contribution in [3.05, 3.63) is 36.9 Å². The summed E-state index contributed by atoms with van der Waals surface area (Å²) in [7, 11) is -2.28. The number of carbonyl (C=O) groups is 1. The number of carbonyl (C=O) groups excluding carboxylic acids is 1. The maximum absolute atomic E-state index is 13.0. The van der Waals surface area contributed by atoms with E-state index in [2.05, 4.69) is 11.9 Å². The number of hydrogen-bond donors (Lipinski definition) is 1. The molecule has 4 unspecified atom stereocenters. The smallest absolute Gasteiger partial charge is 0.243 e. The molecular formula is C21H30N2O4S. The molecule has 0 radical (unpaired) electrons. The molecule has 0 heterocycles. The van der Waals surface area contributed by atoms with Crippen molar-refractivity contribution >= 4 is 15.9 Å². The van der Waals surface area contributed by atoms with Crippen LogP contribution in [0.25, 0.3) is 0 Å². The van der Waals surface area contributed by atoms with Gasteiger partial charge in [0.2, 0.25) is 15.9 Å². The van der Waals surface area contributed by atoms with Crippen LogP contribution in [0.4, 0.5) is 0 Å². The predicted molar refractivity (Wildman–Crippen MR) is 108 cm³/mol. The Balaban J connectivity index is 1.65. The summed E-state index contributed by atoms with van der Waals surface area (Å²) in [5, 5.41) is 3.04. The Kier molecular flexibility index (Phi) is 6.45. The molecule has 154 valence electrons. The van der Waals surface area contributed by atoms with E-state index in [9.17, 15) is 13.2 Å². The number of nitrogens with zero attached hydrogens (tertiary/aromatic N) is 1. The maximum Gasteiger partial charge on any atom is 0.243 e. The molecule has 6 nitrogen and oxygen atoms in total. The molecule has 1 aromatic rings. The molecule has 2 bridgehead atoms. The van der Waals surface area contributed by atoms with Crippen LogP contribution in [0, 0.1) is 17.8 Å². The summed E-state index contributed by atoms with van der Waals surface area (Å²) in [6, 6.07) is 6.23. The van der Waals surface area contributed by atoms with E-state index >= 15 is 0 Å². The van der Waals surface area contributed by atoms with E-state index in [1.165, 1.54) is 51.0 Å². The Morgan fingerprint density at radius 1 is 1.32 bits per heavy atom. The largest absolute Gasteiger partial charge is 0.497 e. The highest BCUT2D eigenvalue weighted by atomic mass is 32.2. The Morgan fingerprint density at radius 2 is 2.04 bits per heavy atom. The molecule has 4 atom stereocenters. The second-order valence-corrected chi connectivity index (χ2v) is 9.89. The first-order valence-electron chi connectivity index (χ1n) is 9.89. The zero-order chi connectivity index (χ0) is 20.3. The molecule has 7 heteroatoms.